The van der Waals surface area contributed by atoms with E-state index in [1.807, 2.05) is 0 Å². The molecule has 0 radical (unpaired) electrons. The van der Waals surface area contributed by atoms with Crippen molar-refractivity contribution in [1.29, 1.82) is 0 Å². The van der Waals surface area contributed by atoms with E-state index in [1.54, 1.807) is 0 Å². The topological polar surface area (TPSA) is 41.1 Å². The van der Waals surface area contributed by atoms with Gasteiger partial charge in [-0.05, 0) is 31.1 Å². The van der Waals surface area contributed by atoms with E-state index in [4.69, 9.17) is 0 Å². The van der Waals surface area contributed by atoms with Crippen molar-refractivity contribution >= 4 is 5.91 Å². The first kappa shape index (κ1) is 11.9. The van der Waals surface area contributed by atoms with Crippen LogP contribution in [0.1, 0.15) is 52.4 Å². The van der Waals surface area contributed by atoms with E-state index in [-0.39, 0.29) is 11.9 Å². The third-order valence-corrected chi connectivity index (χ3v) is 4.19. The van der Waals surface area contributed by atoms with Crippen LogP contribution in [0.2, 0.25) is 0 Å². The number of rotatable bonds is 2. The molecule has 1 saturated carbocycles. The number of piperidine rings is 1. The monoisotopic (exact) mass is 224 g/mol. The molecule has 0 bridgehead atoms. The molecular weight excluding hydrogens is 200 g/mol. The fourth-order valence-electron chi connectivity index (χ4n) is 2.98. The molecule has 1 aliphatic carbocycles. The maximum atomic E-state index is 11.7. The minimum Gasteiger partial charge on any atom is -0.355 e. The summed E-state index contributed by atoms with van der Waals surface area (Å²) in [5, 5.41) is 6.53. The van der Waals surface area contributed by atoms with Gasteiger partial charge in [-0.3, -0.25) is 4.79 Å². The number of carbonyl (C=O) groups excluding carboxylic acids is 1. The fraction of sp³-hybridized carbons (Fsp3) is 0.923. The number of amides is 1. The van der Waals surface area contributed by atoms with Gasteiger partial charge in [0.05, 0.1) is 6.04 Å². The van der Waals surface area contributed by atoms with Crippen LogP contribution in [-0.4, -0.2) is 24.5 Å². The molecule has 1 aliphatic heterocycles. The van der Waals surface area contributed by atoms with E-state index in [1.165, 1.54) is 25.7 Å². The normalized spacial score (nSPS) is 34.5. The number of hydrogen-bond acceptors (Lipinski definition) is 2. The Balaban J connectivity index is 1.94. The summed E-state index contributed by atoms with van der Waals surface area (Å²) in [6, 6.07) is 0.561. The lowest BCUT2D eigenvalue weighted by Crippen LogP contribution is -2.55. The zero-order valence-corrected chi connectivity index (χ0v) is 10.5. The summed E-state index contributed by atoms with van der Waals surface area (Å²) in [5.41, 5.74) is 0.343. The van der Waals surface area contributed by atoms with E-state index in [9.17, 15) is 4.79 Å². The van der Waals surface area contributed by atoms with Gasteiger partial charge < -0.3 is 10.6 Å². The number of carbonyl (C=O) groups is 1. The van der Waals surface area contributed by atoms with Crippen LogP contribution in [-0.2, 0) is 4.79 Å². The first-order chi connectivity index (χ1) is 7.59. The molecule has 3 heteroatoms. The molecule has 2 unspecified atom stereocenters. The van der Waals surface area contributed by atoms with Gasteiger partial charge in [-0.1, -0.05) is 26.7 Å². The quantitative estimate of drug-likeness (QED) is 0.751. The average Bonchev–Trinajstić information content (AvgIpc) is 2.24. The first-order valence-electron chi connectivity index (χ1n) is 6.63. The van der Waals surface area contributed by atoms with Gasteiger partial charge in [0.15, 0.2) is 0 Å². The van der Waals surface area contributed by atoms with E-state index in [2.05, 4.69) is 24.5 Å². The fourth-order valence-corrected chi connectivity index (χ4v) is 2.98. The van der Waals surface area contributed by atoms with Crippen molar-refractivity contribution in [2.24, 2.45) is 5.41 Å². The average molecular weight is 224 g/mol. The van der Waals surface area contributed by atoms with Gasteiger partial charge in [-0.15, -0.1) is 0 Å². The van der Waals surface area contributed by atoms with Crippen LogP contribution in [0.5, 0.6) is 0 Å². The molecule has 0 aromatic heterocycles. The third kappa shape index (κ3) is 2.57. The van der Waals surface area contributed by atoms with Crippen molar-refractivity contribution in [2.75, 3.05) is 6.54 Å². The van der Waals surface area contributed by atoms with Crippen LogP contribution in [0.15, 0.2) is 0 Å². The molecule has 16 heavy (non-hydrogen) atoms. The Morgan fingerprint density at radius 3 is 2.75 bits per heavy atom. The summed E-state index contributed by atoms with van der Waals surface area (Å²) < 4.78 is 0. The minimum atomic E-state index is 0.0520. The Bertz CT molecular complexity index is 263. The van der Waals surface area contributed by atoms with Crippen LogP contribution in [0.4, 0.5) is 0 Å². The second-order valence-electron chi connectivity index (χ2n) is 5.94. The Kier molecular flexibility index (Phi) is 3.53. The molecule has 92 valence electrons. The predicted molar refractivity (Wildman–Crippen MR) is 65.2 cm³/mol. The first-order valence-corrected chi connectivity index (χ1v) is 6.63. The summed E-state index contributed by atoms with van der Waals surface area (Å²) in [6.45, 7) is 5.50. The Morgan fingerprint density at radius 2 is 2.06 bits per heavy atom. The summed E-state index contributed by atoms with van der Waals surface area (Å²) >= 11 is 0. The Hall–Kier alpha value is -0.570. The van der Waals surface area contributed by atoms with Crippen LogP contribution in [0.3, 0.4) is 0 Å². The molecule has 2 rings (SSSR count). The van der Waals surface area contributed by atoms with Crippen molar-refractivity contribution in [1.82, 2.24) is 10.6 Å². The Labute approximate surface area is 98.4 Å². The molecule has 1 saturated heterocycles. The standard InChI is InChI=1S/C13H24N2O/c1-13(2)8-4-3-7-11(13)15-10-6-5-9-14-12(10)16/h10-11,15H,3-9H2,1-2H3,(H,14,16). The molecule has 3 nitrogen and oxygen atoms in total. The lowest BCUT2D eigenvalue weighted by Gasteiger charge is -2.41. The molecule has 2 atom stereocenters. The lowest BCUT2D eigenvalue weighted by atomic mass is 9.73. The molecule has 0 aromatic carbocycles. The lowest BCUT2D eigenvalue weighted by molar-refractivity contribution is -0.125. The molecule has 0 spiro atoms. The highest BCUT2D eigenvalue weighted by Crippen LogP contribution is 2.35. The highest BCUT2D eigenvalue weighted by Gasteiger charge is 2.35. The van der Waals surface area contributed by atoms with Crippen LogP contribution in [0, 0.1) is 5.41 Å². The molecule has 2 aliphatic rings. The van der Waals surface area contributed by atoms with Gasteiger partial charge >= 0.3 is 0 Å². The van der Waals surface area contributed by atoms with Crippen molar-refractivity contribution in [2.45, 2.75) is 64.5 Å². The van der Waals surface area contributed by atoms with Crippen LogP contribution in [0.25, 0.3) is 0 Å². The number of hydrogen-bond donors (Lipinski definition) is 2. The van der Waals surface area contributed by atoms with Gasteiger partial charge in [-0.2, -0.15) is 0 Å². The minimum absolute atomic E-state index is 0.0520. The van der Waals surface area contributed by atoms with Gasteiger partial charge in [0, 0.05) is 12.6 Å². The van der Waals surface area contributed by atoms with Gasteiger partial charge in [-0.25, -0.2) is 0 Å². The molecular formula is C13H24N2O. The maximum Gasteiger partial charge on any atom is 0.237 e. The third-order valence-electron chi connectivity index (χ3n) is 4.19. The molecule has 0 aromatic rings. The summed E-state index contributed by atoms with van der Waals surface area (Å²) in [5.74, 6) is 0.202. The highest BCUT2D eigenvalue weighted by molar-refractivity contribution is 5.82. The smallest absolute Gasteiger partial charge is 0.237 e. The molecule has 1 amide bonds. The van der Waals surface area contributed by atoms with E-state index in [0.717, 1.165) is 19.4 Å². The van der Waals surface area contributed by atoms with Gasteiger partial charge in [0.1, 0.15) is 0 Å². The van der Waals surface area contributed by atoms with E-state index >= 15 is 0 Å². The SMILES string of the molecule is CC1(C)CCCCC1NC1CCCNC1=O. The number of nitrogens with one attached hydrogen (secondary N) is 2. The van der Waals surface area contributed by atoms with Crippen LogP contribution < -0.4 is 10.6 Å². The van der Waals surface area contributed by atoms with Crippen molar-refractivity contribution in [3.63, 3.8) is 0 Å². The van der Waals surface area contributed by atoms with Crippen molar-refractivity contribution in [3.05, 3.63) is 0 Å². The molecule has 2 N–H and O–H groups in total. The molecule has 1 heterocycles. The zero-order chi connectivity index (χ0) is 11.6. The largest absolute Gasteiger partial charge is 0.355 e. The van der Waals surface area contributed by atoms with E-state index < -0.39 is 0 Å². The van der Waals surface area contributed by atoms with Crippen LogP contribution >= 0.6 is 0 Å². The predicted octanol–water partition coefficient (Wildman–Crippen LogP) is 1.82. The Morgan fingerprint density at radius 1 is 1.25 bits per heavy atom. The van der Waals surface area contributed by atoms with Gasteiger partial charge in [0.25, 0.3) is 0 Å². The van der Waals surface area contributed by atoms with Crippen molar-refractivity contribution < 1.29 is 4.79 Å². The highest BCUT2D eigenvalue weighted by atomic mass is 16.2. The molecule has 2 fully saturated rings. The second kappa shape index (κ2) is 4.74. The van der Waals surface area contributed by atoms with Gasteiger partial charge in [0.2, 0.25) is 5.91 Å². The second-order valence-corrected chi connectivity index (χ2v) is 5.94. The maximum absolute atomic E-state index is 11.7. The summed E-state index contributed by atoms with van der Waals surface area (Å²) in [6.07, 6.45) is 7.24. The zero-order valence-electron chi connectivity index (χ0n) is 10.5. The summed E-state index contributed by atoms with van der Waals surface area (Å²) in [4.78, 5) is 11.7. The van der Waals surface area contributed by atoms with Crippen molar-refractivity contribution in [3.8, 4) is 0 Å². The van der Waals surface area contributed by atoms with E-state index in [0.29, 0.717) is 11.5 Å². The summed E-state index contributed by atoms with van der Waals surface area (Å²) in [7, 11) is 0.